The summed E-state index contributed by atoms with van der Waals surface area (Å²) >= 11 is 0. The Morgan fingerprint density at radius 3 is 2.56 bits per heavy atom. The molecule has 7 heteroatoms. The number of benzene rings is 1. The maximum atomic E-state index is 12.3. The van der Waals surface area contributed by atoms with E-state index in [2.05, 4.69) is 15.8 Å². The number of carbonyl (C=O) groups excluding carboxylic acids is 2. The molecule has 0 saturated carbocycles. The van der Waals surface area contributed by atoms with Crippen LogP contribution in [-0.4, -0.2) is 41.5 Å². The van der Waals surface area contributed by atoms with Crippen molar-refractivity contribution in [2.45, 2.75) is 19.8 Å². The molecular weight excluding hydrogens is 320 g/mol. The monoisotopic (exact) mass is 342 g/mol. The van der Waals surface area contributed by atoms with E-state index in [1.807, 2.05) is 35.2 Å². The number of aryl methyl sites for hydroxylation is 1. The first-order chi connectivity index (χ1) is 12.1. The first-order valence-electron chi connectivity index (χ1n) is 8.41. The Balaban J connectivity index is 1.42. The summed E-state index contributed by atoms with van der Waals surface area (Å²) in [4.78, 5) is 26.4. The van der Waals surface area contributed by atoms with Crippen LogP contribution in [0.3, 0.4) is 0 Å². The van der Waals surface area contributed by atoms with E-state index in [1.165, 1.54) is 0 Å². The predicted molar refractivity (Wildman–Crippen MR) is 94.1 cm³/mol. The van der Waals surface area contributed by atoms with Crippen LogP contribution in [0.5, 0.6) is 0 Å². The van der Waals surface area contributed by atoms with E-state index < -0.39 is 0 Å². The number of nitrogens with zero attached hydrogens (tertiary/aromatic N) is 2. The van der Waals surface area contributed by atoms with Gasteiger partial charge in [-0.05, 0) is 45.0 Å². The number of rotatable bonds is 5. The number of anilines is 2. The number of hydrogen-bond donors (Lipinski definition) is 2. The Morgan fingerprint density at radius 2 is 1.92 bits per heavy atom. The van der Waals surface area contributed by atoms with Gasteiger partial charge >= 0.3 is 0 Å². The van der Waals surface area contributed by atoms with Gasteiger partial charge in [0.15, 0.2) is 0 Å². The molecule has 132 valence electrons. The highest BCUT2D eigenvalue weighted by Crippen LogP contribution is 2.19. The zero-order valence-electron chi connectivity index (χ0n) is 14.2. The molecule has 2 aromatic rings. The van der Waals surface area contributed by atoms with Crippen LogP contribution in [-0.2, 0) is 9.59 Å². The van der Waals surface area contributed by atoms with E-state index in [9.17, 15) is 9.59 Å². The summed E-state index contributed by atoms with van der Waals surface area (Å²) < 4.78 is 4.98. The summed E-state index contributed by atoms with van der Waals surface area (Å²) in [6, 6.07) is 11.1. The van der Waals surface area contributed by atoms with Crippen LogP contribution in [0, 0.1) is 12.8 Å². The smallest absolute Gasteiger partial charge is 0.240 e. The van der Waals surface area contributed by atoms with Crippen LogP contribution < -0.4 is 10.6 Å². The normalized spacial score (nSPS) is 15.7. The number of carbonyl (C=O) groups is 2. The molecule has 0 radical (unpaired) electrons. The fourth-order valence-electron chi connectivity index (χ4n) is 2.92. The lowest BCUT2D eigenvalue weighted by Crippen LogP contribution is -2.41. The van der Waals surface area contributed by atoms with Crippen LogP contribution in [0.25, 0.3) is 0 Å². The maximum Gasteiger partial charge on any atom is 0.240 e. The lowest BCUT2D eigenvalue weighted by atomic mass is 9.96. The van der Waals surface area contributed by atoms with Gasteiger partial charge in [0, 0.05) is 17.7 Å². The van der Waals surface area contributed by atoms with E-state index in [0.29, 0.717) is 5.88 Å². The van der Waals surface area contributed by atoms with Crippen molar-refractivity contribution in [3.8, 4) is 0 Å². The molecule has 1 saturated heterocycles. The third-order valence-corrected chi connectivity index (χ3v) is 4.26. The molecule has 0 bridgehead atoms. The number of amides is 2. The molecule has 0 atom stereocenters. The molecule has 2 amide bonds. The molecule has 2 N–H and O–H groups in total. The van der Waals surface area contributed by atoms with Gasteiger partial charge in [0.05, 0.1) is 12.2 Å². The average Bonchev–Trinajstić information content (AvgIpc) is 3.01. The molecule has 0 aliphatic carbocycles. The topological polar surface area (TPSA) is 87.5 Å². The summed E-state index contributed by atoms with van der Waals surface area (Å²) in [6.45, 7) is 3.52. The quantitative estimate of drug-likeness (QED) is 0.870. The van der Waals surface area contributed by atoms with E-state index in [0.717, 1.165) is 37.3 Å². The van der Waals surface area contributed by atoms with E-state index in [-0.39, 0.29) is 24.3 Å². The lowest BCUT2D eigenvalue weighted by molar-refractivity contribution is -0.121. The second-order valence-electron chi connectivity index (χ2n) is 6.29. The molecule has 7 nitrogen and oxygen atoms in total. The van der Waals surface area contributed by atoms with Crippen molar-refractivity contribution in [1.82, 2.24) is 10.1 Å². The molecule has 3 rings (SSSR count). The molecule has 25 heavy (non-hydrogen) atoms. The molecular formula is C18H22N4O3. The standard InChI is InChI=1S/C18H22N4O3/c1-13-11-17(25-21-13)20-16(23)12-22-9-7-14(8-10-22)18(24)19-15-5-3-2-4-6-15/h2-6,11,14H,7-10,12H2,1H3,(H,19,24)(H,20,23). The van der Waals surface area contributed by atoms with Crippen molar-refractivity contribution in [3.63, 3.8) is 0 Å². The molecule has 1 aliphatic heterocycles. The molecule has 1 fully saturated rings. The minimum absolute atomic E-state index is 0.0172. The number of para-hydroxylation sites is 1. The second kappa shape index (κ2) is 7.94. The van der Waals surface area contributed by atoms with Crippen LogP contribution in [0.2, 0.25) is 0 Å². The molecule has 0 spiro atoms. The van der Waals surface area contributed by atoms with Crippen LogP contribution in [0.15, 0.2) is 40.9 Å². The minimum Gasteiger partial charge on any atom is -0.338 e. The first-order valence-corrected chi connectivity index (χ1v) is 8.41. The summed E-state index contributed by atoms with van der Waals surface area (Å²) in [5, 5.41) is 9.37. The van der Waals surface area contributed by atoms with Gasteiger partial charge in [0.2, 0.25) is 17.7 Å². The van der Waals surface area contributed by atoms with E-state index >= 15 is 0 Å². The molecule has 1 aromatic heterocycles. The van der Waals surface area contributed by atoms with Gasteiger partial charge in [0.1, 0.15) is 0 Å². The largest absolute Gasteiger partial charge is 0.338 e. The van der Waals surface area contributed by atoms with E-state index in [1.54, 1.807) is 13.0 Å². The van der Waals surface area contributed by atoms with E-state index in [4.69, 9.17) is 4.52 Å². The van der Waals surface area contributed by atoms with Gasteiger partial charge in [-0.25, -0.2) is 0 Å². The number of hydrogen-bond acceptors (Lipinski definition) is 5. The minimum atomic E-state index is -0.136. The number of likely N-dealkylation sites (tertiary alicyclic amines) is 1. The molecule has 0 unspecified atom stereocenters. The second-order valence-corrected chi connectivity index (χ2v) is 6.29. The van der Waals surface area contributed by atoms with Crippen molar-refractivity contribution in [2.24, 2.45) is 5.92 Å². The van der Waals surface area contributed by atoms with Gasteiger partial charge in [0.25, 0.3) is 0 Å². The molecule has 1 aliphatic rings. The molecule has 1 aromatic carbocycles. The third-order valence-electron chi connectivity index (χ3n) is 4.26. The van der Waals surface area contributed by atoms with Crippen LogP contribution in [0.4, 0.5) is 11.6 Å². The fourth-order valence-corrected chi connectivity index (χ4v) is 2.92. The van der Waals surface area contributed by atoms with Crippen LogP contribution in [0.1, 0.15) is 18.5 Å². The summed E-state index contributed by atoms with van der Waals surface area (Å²) in [7, 11) is 0. The highest BCUT2D eigenvalue weighted by Gasteiger charge is 2.26. The van der Waals surface area contributed by atoms with Crippen molar-refractivity contribution >= 4 is 23.4 Å². The van der Waals surface area contributed by atoms with Crippen molar-refractivity contribution in [2.75, 3.05) is 30.3 Å². The summed E-state index contributed by atoms with van der Waals surface area (Å²) in [5.74, 6) is 0.256. The van der Waals surface area contributed by atoms with Gasteiger partial charge in [-0.3, -0.25) is 19.8 Å². The lowest BCUT2D eigenvalue weighted by Gasteiger charge is -2.30. The zero-order chi connectivity index (χ0) is 17.6. The van der Waals surface area contributed by atoms with Crippen LogP contribution >= 0.6 is 0 Å². The van der Waals surface area contributed by atoms with Gasteiger partial charge in [-0.2, -0.15) is 0 Å². The van der Waals surface area contributed by atoms with Gasteiger partial charge < -0.3 is 9.84 Å². The highest BCUT2D eigenvalue weighted by molar-refractivity contribution is 5.93. The Labute approximate surface area is 146 Å². The fraction of sp³-hybridized carbons (Fsp3) is 0.389. The number of piperidine rings is 1. The summed E-state index contributed by atoms with van der Waals surface area (Å²) in [5.41, 5.74) is 1.54. The predicted octanol–water partition coefficient (Wildman–Crippen LogP) is 2.27. The average molecular weight is 342 g/mol. The van der Waals surface area contributed by atoms with Crippen molar-refractivity contribution in [1.29, 1.82) is 0 Å². The van der Waals surface area contributed by atoms with Crippen molar-refractivity contribution in [3.05, 3.63) is 42.1 Å². The maximum absolute atomic E-state index is 12.3. The Hall–Kier alpha value is -2.67. The van der Waals surface area contributed by atoms with Gasteiger partial charge in [-0.1, -0.05) is 23.4 Å². The SMILES string of the molecule is Cc1cc(NC(=O)CN2CCC(C(=O)Nc3ccccc3)CC2)on1. The van der Waals surface area contributed by atoms with Gasteiger partial charge in [-0.15, -0.1) is 0 Å². The highest BCUT2D eigenvalue weighted by atomic mass is 16.5. The third kappa shape index (κ3) is 4.90. The number of aromatic nitrogens is 1. The molecule has 2 heterocycles. The Kier molecular flexibility index (Phi) is 5.45. The first kappa shape index (κ1) is 17.2. The number of nitrogens with one attached hydrogen (secondary N) is 2. The Bertz CT molecular complexity index is 721. The summed E-state index contributed by atoms with van der Waals surface area (Å²) in [6.07, 6.45) is 1.49. The zero-order valence-corrected chi connectivity index (χ0v) is 14.2. The Morgan fingerprint density at radius 1 is 1.20 bits per heavy atom. The van der Waals surface area contributed by atoms with Crippen molar-refractivity contribution < 1.29 is 14.1 Å².